The number of carbonyl (C=O) groups excluding carboxylic acids is 2. The van der Waals surface area contributed by atoms with E-state index in [4.69, 9.17) is 56.1 Å². The summed E-state index contributed by atoms with van der Waals surface area (Å²) in [5.41, 5.74) is -19.7. The van der Waals surface area contributed by atoms with E-state index in [9.17, 15) is 20.0 Å². The number of unbranched alkanes of at least 4 members (excludes halogenated alkanes) is 5. The van der Waals surface area contributed by atoms with Gasteiger partial charge in [0.05, 0.1) is 2.74 Å². The summed E-state index contributed by atoms with van der Waals surface area (Å²) in [5, 5.41) is 24.8. The summed E-state index contributed by atoms with van der Waals surface area (Å²) in [5.74, 6) is -3.68. The molecule has 2 radical (unpaired) electrons. The summed E-state index contributed by atoms with van der Waals surface area (Å²) in [4.78, 5) is 26.4. The van der Waals surface area contributed by atoms with E-state index in [2.05, 4.69) is 0 Å². The minimum atomic E-state index is -4.91. The van der Waals surface area contributed by atoms with Gasteiger partial charge in [0.2, 0.25) is 0 Å². The SMILES string of the molecule is [2H]C([2H])([2H])C1(C([2H])([2H])[2H])N([O])C(C([2H])([2H])[2H])(C([2H])([2H])[2H])C([2H])([2H])C([2H])(OC(=O)CCCCCCCCC(=O)OC2([2H])C([2H])([2H])C(C([2H])([2H])[2H])(C([2H])([2H])[2H])N([O])C(C([2H])([2H])[2H])(C([2H])([2H])[2H])C2([2H])[2H])C1([2H])[2H]. The van der Waals surface area contributed by atoms with Crippen LogP contribution in [0.1, 0.15) is 178 Å². The fourth-order valence-corrected chi connectivity index (χ4v) is 3.10. The molecule has 2 saturated heterocycles. The molecule has 2 heterocycles. The minimum absolute atomic E-state index is 0.0374. The van der Waals surface area contributed by atoms with Crippen molar-refractivity contribution in [1.82, 2.24) is 10.1 Å². The van der Waals surface area contributed by atoms with Gasteiger partial charge >= 0.3 is 11.9 Å². The molecule has 0 aromatic rings. The number of carbonyl (C=O) groups is 2. The lowest BCUT2D eigenvalue weighted by Crippen LogP contribution is -2.60. The summed E-state index contributed by atoms with van der Waals surface area (Å²) < 4.78 is 287. The van der Waals surface area contributed by atoms with Gasteiger partial charge in [0.25, 0.3) is 0 Å². The zero-order valence-electron chi connectivity index (χ0n) is 53.0. The second kappa shape index (κ2) is 12.1. The number of rotatable bonds is 11. The number of piperidine rings is 2. The van der Waals surface area contributed by atoms with Gasteiger partial charge in [-0.15, -0.1) is 20.5 Å². The van der Waals surface area contributed by atoms with Gasteiger partial charge < -0.3 is 9.47 Å². The summed E-state index contributed by atoms with van der Waals surface area (Å²) >= 11 is 0. The molecule has 8 nitrogen and oxygen atoms in total. The monoisotopic (exact) mass is 545 g/mol. The topological polar surface area (TPSA) is 98.9 Å². The van der Waals surface area contributed by atoms with Gasteiger partial charge in [0, 0.05) is 104 Å². The maximum absolute atomic E-state index is 14.1. The Morgan fingerprint density at radius 1 is 0.667 bits per heavy atom. The molecule has 8 heteroatoms. The van der Waals surface area contributed by atoms with Crippen LogP contribution in [-0.2, 0) is 29.5 Å². The summed E-state index contributed by atoms with van der Waals surface area (Å²) in [7, 11) is 0. The summed E-state index contributed by atoms with van der Waals surface area (Å²) in [6.07, 6.45) is -31.3. The van der Waals surface area contributed by atoms with Crippen LogP contribution in [-0.4, -0.2) is 56.4 Å². The number of ether oxygens (including phenoxy) is 2. The van der Waals surface area contributed by atoms with E-state index < -0.39 is 150 Å². The Kier molecular flexibility index (Phi) is 2.74. The molecular weight excluding hydrogens is 460 g/mol. The van der Waals surface area contributed by atoms with Crippen molar-refractivity contribution in [2.45, 2.75) is 166 Å². The highest BCUT2D eigenvalue weighted by Crippen LogP contribution is 2.39. The van der Waals surface area contributed by atoms with Gasteiger partial charge in [-0.25, -0.2) is 0 Å². The Morgan fingerprint density at radius 3 is 1.22 bits per heavy atom. The van der Waals surface area contributed by atoms with Gasteiger partial charge in [-0.2, -0.15) is 0 Å². The fraction of sp³-hybridized carbons (Fsp3) is 0.929. The molecule has 2 aliphatic heterocycles. The van der Waals surface area contributed by atoms with E-state index in [1.807, 2.05) is 0 Å². The molecule has 0 saturated carbocycles. The molecule has 2 rings (SSSR count). The lowest BCUT2D eigenvalue weighted by atomic mass is 9.80. The van der Waals surface area contributed by atoms with E-state index in [1.165, 1.54) is 0 Å². The number of nitrogens with zero attached hydrogens (tertiary/aromatic N) is 2. The average molecular weight is 545 g/mol. The first-order valence-corrected chi connectivity index (χ1v) is 10.7. The molecule has 0 amide bonds. The molecule has 2 aliphatic rings. The number of esters is 2. The Morgan fingerprint density at radius 2 is 0.944 bits per heavy atom. The van der Waals surface area contributed by atoms with Crippen LogP contribution in [0.4, 0.5) is 0 Å². The second-order valence-electron chi connectivity index (χ2n) is 8.16. The first kappa shape index (κ1) is 8.15. The van der Waals surface area contributed by atoms with Crippen LogP contribution in [0.2, 0.25) is 0 Å². The molecule has 0 aromatic heterocycles. The highest BCUT2D eigenvalue weighted by Gasteiger charge is 2.48. The molecule has 0 spiro atoms. The first-order chi connectivity index (χ1) is 30.3. The highest BCUT2D eigenvalue weighted by atomic mass is 16.6. The van der Waals surface area contributed by atoms with Crippen LogP contribution in [0.15, 0.2) is 0 Å². The Bertz CT molecular complexity index is 1620. The maximum atomic E-state index is 14.1. The number of hydrogen-bond acceptors (Lipinski definition) is 6. The molecule has 0 unspecified atom stereocenters. The normalized spacial score (nSPS) is 48.5. The van der Waals surface area contributed by atoms with E-state index in [-0.39, 0.29) is 38.5 Å². The van der Waals surface area contributed by atoms with Gasteiger partial charge in [-0.1, -0.05) is 25.7 Å². The Hall–Kier alpha value is -1.22. The molecule has 0 aromatic carbocycles. The van der Waals surface area contributed by atoms with Crippen LogP contribution < -0.4 is 0 Å². The predicted octanol–water partition coefficient (Wildman–Crippen LogP) is 5.93. The third-order valence-electron chi connectivity index (χ3n) is 4.84. The van der Waals surface area contributed by atoms with Crippen molar-refractivity contribution in [2.24, 2.45) is 0 Å². The van der Waals surface area contributed by atoms with Gasteiger partial charge in [0.15, 0.2) is 0 Å². The first-order valence-electron chi connectivity index (χ1n) is 27.7. The van der Waals surface area contributed by atoms with Crippen molar-refractivity contribution in [3.8, 4) is 0 Å². The van der Waals surface area contributed by atoms with E-state index >= 15 is 0 Å². The molecule has 0 aliphatic carbocycles. The minimum Gasteiger partial charge on any atom is -0.462 e. The lowest BCUT2D eigenvalue weighted by molar-refractivity contribution is -0.299. The van der Waals surface area contributed by atoms with Crippen LogP contribution in [0.5, 0.6) is 0 Å². The third kappa shape index (κ3) is 8.67. The summed E-state index contributed by atoms with van der Waals surface area (Å²) in [6, 6.07) is 0. The fourth-order valence-electron chi connectivity index (χ4n) is 3.10. The maximum Gasteiger partial charge on any atom is 0.306 e. The van der Waals surface area contributed by atoms with E-state index in [0.29, 0.717) is 0 Å². The molecular formula is C28H50N2O6. The summed E-state index contributed by atoms with van der Waals surface area (Å²) in [6.45, 7) is -36.8. The average Bonchev–Trinajstić information content (AvgIpc) is 3.03. The van der Waals surface area contributed by atoms with Crippen molar-refractivity contribution in [3.05, 3.63) is 0 Å². The zero-order valence-corrected chi connectivity index (χ0v) is 19.0. The highest BCUT2D eigenvalue weighted by molar-refractivity contribution is 5.69. The van der Waals surface area contributed by atoms with E-state index in [0.717, 1.165) is 0 Å². The molecule has 208 valence electrons. The zero-order chi connectivity index (χ0) is 56.4. The molecule has 36 heavy (non-hydrogen) atoms. The molecule has 0 bridgehead atoms. The quantitative estimate of drug-likeness (QED) is 0.236. The molecule has 0 atom stereocenters. The van der Waals surface area contributed by atoms with Crippen molar-refractivity contribution in [3.63, 3.8) is 0 Å². The number of hydrogen-bond donors (Lipinski definition) is 0. The molecule has 0 N–H and O–H groups in total. The molecule has 2 fully saturated rings. The van der Waals surface area contributed by atoms with Gasteiger partial charge in [0.1, 0.15) is 12.2 Å². The van der Waals surface area contributed by atoms with Crippen LogP contribution >= 0.6 is 0 Å². The largest absolute Gasteiger partial charge is 0.462 e. The lowest BCUT2D eigenvalue weighted by Gasteiger charge is -2.49. The predicted molar refractivity (Wildman–Crippen MR) is 137 cm³/mol. The van der Waals surface area contributed by atoms with Crippen molar-refractivity contribution in [2.75, 3.05) is 0 Å². The van der Waals surface area contributed by atoms with Crippen molar-refractivity contribution >= 4 is 11.9 Å². The van der Waals surface area contributed by atoms with Crippen LogP contribution in [0, 0.1) is 0 Å². The standard InChI is InChI=1S/C28H50N2O6/c1-25(2)17-21(18-26(3,4)29(25)33)35-23(31)15-13-11-9-10-12-14-16-24(32)36-22-19-27(5,6)30(34)28(7,8)20-22/h21-22H,9-20H2,1-8H3/i1D3,2D3,3D3,4D3,5D3,6D3,7D3,8D3,17D2,18D2,19D2,20D2,21D,22D. The van der Waals surface area contributed by atoms with Crippen molar-refractivity contribution < 1.29 is 76.1 Å². The smallest absolute Gasteiger partial charge is 0.306 e. The van der Waals surface area contributed by atoms with Gasteiger partial charge in [-0.05, 0) is 67.7 Å². The third-order valence-corrected chi connectivity index (χ3v) is 4.84. The van der Waals surface area contributed by atoms with Crippen LogP contribution in [0.25, 0.3) is 0 Å². The second-order valence-corrected chi connectivity index (χ2v) is 8.16. The van der Waals surface area contributed by atoms with E-state index in [1.54, 1.807) is 0 Å². The Balaban J connectivity index is 2.41. The van der Waals surface area contributed by atoms with Crippen LogP contribution in [0.3, 0.4) is 0 Å². The van der Waals surface area contributed by atoms with Crippen molar-refractivity contribution in [1.29, 1.82) is 0 Å². The van der Waals surface area contributed by atoms with Gasteiger partial charge in [-0.3, -0.25) is 9.59 Å². The Labute approximate surface area is 266 Å². The number of hydroxylamine groups is 4.